The van der Waals surface area contributed by atoms with Crippen molar-refractivity contribution in [1.29, 1.82) is 0 Å². The predicted octanol–water partition coefficient (Wildman–Crippen LogP) is 2.85. The van der Waals surface area contributed by atoms with Gasteiger partial charge in [0.05, 0.1) is 11.6 Å². The second-order valence-corrected chi connectivity index (χ2v) is 5.97. The summed E-state index contributed by atoms with van der Waals surface area (Å²) < 4.78 is 6.22. The standard InChI is InChI=1S/C14H21BrN2O/c1-17-9-14(6-3-7-14)13(16)10-4-5-12(18-2)11(15)8-10/h4-5,8,13,17H,3,6-7,9,16H2,1-2H3. The molecule has 2 rings (SSSR count). The smallest absolute Gasteiger partial charge is 0.133 e. The Balaban J connectivity index is 2.22. The molecule has 1 unspecified atom stereocenters. The molecule has 1 aromatic carbocycles. The number of halogens is 1. The first-order chi connectivity index (χ1) is 8.63. The average Bonchev–Trinajstić information content (AvgIpc) is 2.33. The third-order valence-electron chi connectivity index (χ3n) is 4.07. The van der Waals surface area contributed by atoms with E-state index in [9.17, 15) is 0 Å². The van der Waals surface area contributed by atoms with E-state index in [2.05, 4.69) is 33.4 Å². The molecule has 0 heterocycles. The van der Waals surface area contributed by atoms with Gasteiger partial charge < -0.3 is 15.8 Å². The lowest BCUT2D eigenvalue weighted by molar-refractivity contribution is 0.0947. The minimum atomic E-state index is 0.0842. The molecule has 100 valence electrons. The van der Waals surface area contributed by atoms with Crippen molar-refractivity contribution in [2.75, 3.05) is 20.7 Å². The lowest BCUT2D eigenvalue weighted by Gasteiger charge is -2.46. The number of nitrogens with two attached hydrogens (primary N) is 1. The molecule has 0 saturated heterocycles. The molecule has 0 aliphatic heterocycles. The zero-order valence-electron chi connectivity index (χ0n) is 11.0. The fraction of sp³-hybridized carbons (Fsp3) is 0.571. The Bertz CT molecular complexity index is 418. The van der Waals surface area contributed by atoms with Crippen molar-refractivity contribution in [2.45, 2.75) is 25.3 Å². The zero-order chi connectivity index (χ0) is 13.2. The minimum absolute atomic E-state index is 0.0842. The van der Waals surface area contributed by atoms with Gasteiger partial charge >= 0.3 is 0 Å². The van der Waals surface area contributed by atoms with Gasteiger partial charge in [0.2, 0.25) is 0 Å². The fourth-order valence-corrected chi connectivity index (χ4v) is 3.37. The molecule has 3 N–H and O–H groups in total. The second-order valence-electron chi connectivity index (χ2n) is 5.12. The number of methoxy groups -OCH3 is 1. The number of benzene rings is 1. The molecular weight excluding hydrogens is 292 g/mol. The molecule has 0 bridgehead atoms. The number of ether oxygens (including phenoxy) is 1. The molecule has 1 aromatic rings. The number of rotatable bonds is 5. The van der Waals surface area contributed by atoms with E-state index >= 15 is 0 Å². The van der Waals surface area contributed by atoms with E-state index in [1.54, 1.807) is 7.11 Å². The SMILES string of the molecule is CNCC1(C(N)c2ccc(OC)c(Br)c2)CCC1. The predicted molar refractivity (Wildman–Crippen MR) is 77.8 cm³/mol. The fourth-order valence-electron chi connectivity index (χ4n) is 2.81. The summed E-state index contributed by atoms with van der Waals surface area (Å²) in [5.74, 6) is 0.849. The Hall–Kier alpha value is -0.580. The third-order valence-corrected chi connectivity index (χ3v) is 4.69. The summed E-state index contributed by atoms with van der Waals surface area (Å²) in [7, 11) is 3.67. The van der Waals surface area contributed by atoms with Crippen LogP contribution in [0.5, 0.6) is 5.75 Å². The van der Waals surface area contributed by atoms with Crippen LogP contribution in [-0.4, -0.2) is 20.7 Å². The van der Waals surface area contributed by atoms with Gasteiger partial charge in [0.1, 0.15) is 5.75 Å². The second kappa shape index (κ2) is 5.59. The van der Waals surface area contributed by atoms with Crippen LogP contribution >= 0.6 is 15.9 Å². The topological polar surface area (TPSA) is 47.3 Å². The summed E-state index contributed by atoms with van der Waals surface area (Å²) in [5.41, 5.74) is 7.88. The van der Waals surface area contributed by atoms with Crippen molar-refractivity contribution in [1.82, 2.24) is 5.32 Å². The molecule has 3 nitrogen and oxygen atoms in total. The lowest BCUT2D eigenvalue weighted by atomic mass is 9.62. The Morgan fingerprint density at radius 2 is 2.22 bits per heavy atom. The maximum atomic E-state index is 6.48. The maximum Gasteiger partial charge on any atom is 0.133 e. The van der Waals surface area contributed by atoms with Crippen LogP contribution in [0.2, 0.25) is 0 Å². The Morgan fingerprint density at radius 1 is 1.50 bits per heavy atom. The molecule has 1 atom stereocenters. The summed E-state index contributed by atoms with van der Waals surface area (Å²) >= 11 is 3.53. The van der Waals surface area contributed by atoms with Gasteiger partial charge in [0, 0.05) is 18.0 Å². The van der Waals surface area contributed by atoms with E-state index in [1.165, 1.54) is 24.8 Å². The first-order valence-corrected chi connectivity index (χ1v) is 7.16. The first kappa shape index (κ1) is 13.8. The van der Waals surface area contributed by atoms with Crippen LogP contribution in [0.25, 0.3) is 0 Å². The highest BCUT2D eigenvalue weighted by molar-refractivity contribution is 9.10. The van der Waals surface area contributed by atoms with E-state index in [-0.39, 0.29) is 11.5 Å². The molecule has 0 spiro atoms. The van der Waals surface area contributed by atoms with Gasteiger partial charge in [-0.3, -0.25) is 0 Å². The molecule has 18 heavy (non-hydrogen) atoms. The minimum Gasteiger partial charge on any atom is -0.496 e. The molecule has 1 aliphatic rings. The highest BCUT2D eigenvalue weighted by Gasteiger charge is 2.42. The average molecular weight is 313 g/mol. The van der Waals surface area contributed by atoms with Crippen LogP contribution in [0, 0.1) is 5.41 Å². The highest BCUT2D eigenvalue weighted by atomic mass is 79.9. The maximum absolute atomic E-state index is 6.48. The Labute approximate surface area is 117 Å². The normalized spacial score (nSPS) is 19.1. The largest absolute Gasteiger partial charge is 0.496 e. The molecular formula is C14H21BrN2O. The van der Waals surface area contributed by atoms with Gasteiger partial charge in [-0.2, -0.15) is 0 Å². The van der Waals surface area contributed by atoms with Gasteiger partial charge in [-0.05, 0) is 53.5 Å². The van der Waals surface area contributed by atoms with E-state index in [1.807, 2.05) is 13.1 Å². The third kappa shape index (κ3) is 2.42. The van der Waals surface area contributed by atoms with Crippen molar-refractivity contribution >= 4 is 15.9 Å². The van der Waals surface area contributed by atoms with E-state index in [4.69, 9.17) is 10.5 Å². The Kier molecular flexibility index (Phi) is 4.30. The Morgan fingerprint density at radius 3 is 2.67 bits per heavy atom. The van der Waals surface area contributed by atoms with Crippen LogP contribution < -0.4 is 15.8 Å². The van der Waals surface area contributed by atoms with Crippen LogP contribution in [-0.2, 0) is 0 Å². The van der Waals surface area contributed by atoms with E-state index < -0.39 is 0 Å². The highest BCUT2D eigenvalue weighted by Crippen LogP contribution is 2.49. The quantitative estimate of drug-likeness (QED) is 0.879. The van der Waals surface area contributed by atoms with Crippen LogP contribution in [0.15, 0.2) is 22.7 Å². The van der Waals surface area contributed by atoms with Gasteiger partial charge in [0.25, 0.3) is 0 Å². The van der Waals surface area contributed by atoms with Gasteiger partial charge in [0.15, 0.2) is 0 Å². The van der Waals surface area contributed by atoms with Gasteiger partial charge in [-0.15, -0.1) is 0 Å². The van der Waals surface area contributed by atoms with Gasteiger partial charge in [-0.1, -0.05) is 12.5 Å². The monoisotopic (exact) mass is 312 g/mol. The van der Waals surface area contributed by atoms with Crippen LogP contribution in [0.4, 0.5) is 0 Å². The van der Waals surface area contributed by atoms with E-state index in [0.717, 1.165) is 16.8 Å². The zero-order valence-corrected chi connectivity index (χ0v) is 12.6. The summed E-state index contributed by atoms with van der Waals surface area (Å²) in [4.78, 5) is 0. The number of hydrogen-bond donors (Lipinski definition) is 2. The van der Waals surface area contributed by atoms with Crippen molar-refractivity contribution in [2.24, 2.45) is 11.1 Å². The molecule has 0 radical (unpaired) electrons. The number of nitrogens with one attached hydrogen (secondary N) is 1. The summed E-state index contributed by atoms with van der Waals surface area (Å²) in [6.07, 6.45) is 3.70. The molecule has 1 fully saturated rings. The lowest BCUT2D eigenvalue weighted by Crippen LogP contribution is -2.46. The molecule has 1 saturated carbocycles. The van der Waals surface area contributed by atoms with Crippen LogP contribution in [0.3, 0.4) is 0 Å². The number of hydrogen-bond acceptors (Lipinski definition) is 3. The molecule has 0 amide bonds. The summed E-state index contributed by atoms with van der Waals surface area (Å²) in [6, 6.07) is 6.22. The molecule has 4 heteroatoms. The van der Waals surface area contributed by atoms with Crippen molar-refractivity contribution < 1.29 is 4.74 Å². The van der Waals surface area contributed by atoms with Crippen LogP contribution in [0.1, 0.15) is 30.9 Å². The summed E-state index contributed by atoms with van der Waals surface area (Å²) in [5, 5.41) is 3.28. The van der Waals surface area contributed by atoms with Gasteiger partial charge in [-0.25, -0.2) is 0 Å². The summed E-state index contributed by atoms with van der Waals surface area (Å²) in [6.45, 7) is 0.984. The van der Waals surface area contributed by atoms with Crippen molar-refractivity contribution in [3.05, 3.63) is 28.2 Å². The molecule has 0 aromatic heterocycles. The van der Waals surface area contributed by atoms with Crippen molar-refractivity contribution in [3.8, 4) is 5.75 Å². The molecule has 1 aliphatic carbocycles. The van der Waals surface area contributed by atoms with E-state index in [0.29, 0.717) is 0 Å². The van der Waals surface area contributed by atoms with Crippen molar-refractivity contribution in [3.63, 3.8) is 0 Å². The first-order valence-electron chi connectivity index (χ1n) is 6.36.